The van der Waals surface area contributed by atoms with Gasteiger partial charge in [0, 0.05) is 0 Å². The fourth-order valence-corrected chi connectivity index (χ4v) is 19.9. The average molecular weight is 799 g/mol. The molecule has 4 saturated carbocycles. The van der Waals surface area contributed by atoms with Crippen molar-refractivity contribution in [1.82, 2.24) is 0 Å². The molecule has 0 heterocycles. The van der Waals surface area contributed by atoms with Gasteiger partial charge in [-0.05, 0) is 0 Å². The van der Waals surface area contributed by atoms with E-state index in [1.54, 1.807) is 23.2 Å². The Morgan fingerprint density at radius 3 is 1.88 bits per heavy atom. The molecule has 3 heteroatoms. The van der Waals surface area contributed by atoms with Crippen LogP contribution in [0.5, 0.6) is 0 Å². The fraction of sp³-hybridized carbons (Fsp3) is 0.521. The van der Waals surface area contributed by atoms with Crippen molar-refractivity contribution in [2.45, 2.75) is 131 Å². The van der Waals surface area contributed by atoms with E-state index in [0.29, 0.717) is 11.3 Å². The number of hydrogen-bond donors (Lipinski definition) is 0. The van der Waals surface area contributed by atoms with Crippen molar-refractivity contribution >= 4 is 6.48 Å². The van der Waals surface area contributed by atoms with E-state index in [1.807, 2.05) is 3.28 Å². The van der Waals surface area contributed by atoms with Gasteiger partial charge in [0.1, 0.15) is 0 Å². The van der Waals surface area contributed by atoms with Crippen LogP contribution in [0.2, 0.25) is 0 Å². The summed E-state index contributed by atoms with van der Waals surface area (Å²) in [5, 5.41) is 0. The Kier molecular flexibility index (Phi) is 10.7. The molecule has 6 aliphatic carbocycles. The minimum atomic E-state index is -2.66. The zero-order valence-electron chi connectivity index (χ0n) is 33.0. The predicted molar refractivity (Wildman–Crippen MR) is 208 cm³/mol. The molecule has 4 fully saturated rings. The van der Waals surface area contributed by atoms with Crippen molar-refractivity contribution in [2.75, 3.05) is 0 Å². The monoisotopic (exact) mass is 796 g/mol. The van der Waals surface area contributed by atoms with Crippen molar-refractivity contribution in [3.63, 3.8) is 0 Å². The van der Waals surface area contributed by atoms with Gasteiger partial charge >= 0.3 is 308 Å². The number of aryl methyl sites for hydroxylation is 1. The van der Waals surface area contributed by atoms with Crippen LogP contribution in [0.3, 0.4) is 0 Å². The van der Waals surface area contributed by atoms with E-state index >= 15 is 0 Å². The quantitative estimate of drug-likeness (QED) is 0.229. The summed E-state index contributed by atoms with van der Waals surface area (Å²) in [6, 6.07) is 22.3. The van der Waals surface area contributed by atoms with Gasteiger partial charge in [0.25, 0.3) is 0 Å². The van der Waals surface area contributed by atoms with E-state index < -0.39 is 21.3 Å². The molecular weight excluding hydrogens is 739 g/mol. The van der Waals surface area contributed by atoms with E-state index in [-0.39, 0.29) is 35.6 Å². The molecule has 0 radical (unpaired) electrons. The van der Waals surface area contributed by atoms with Gasteiger partial charge in [-0.3, -0.25) is 0 Å². The Labute approximate surface area is 330 Å². The fourth-order valence-electron chi connectivity index (χ4n) is 11.4. The van der Waals surface area contributed by atoms with Gasteiger partial charge in [-0.25, -0.2) is 0 Å². The third-order valence-electron chi connectivity index (χ3n) is 13.7. The molecule has 0 saturated heterocycles. The van der Waals surface area contributed by atoms with E-state index in [0.717, 1.165) is 24.2 Å². The Balaban J connectivity index is 0.00000224. The normalized spacial score (nSPS) is 26.3. The molecule has 9 rings (SSSR count). The van der Waals surface area contributed by atoms with Crippen molar-refractivity contribution in [3.05, 3.63) is 108 Å². The van der Waals surface area contributed by atoms with Crippen molar-refractivity contribution in [3.8, 4) is 11.1 Å². The van der Waals surface area contributed by atoms with Crippen LogP contribution in [0, 0.1) is 36.0 Å². The second-order valence-corrected chi connectivity index (χ2v) is 25.9. The Bertz CT molecular complexity index is 1900. The Morgan fingerprint density at radius 1 is 0.745 bits per heavy atom. The van der Waals surface area contributed by atoms with Crippen molar-refractivity contribution < 1.29 is 46.1 Å². The zero-order chi connectivity index (χ0) is 34.6. The smallest absolute Gasteiger partial charge is 1.00 e. The first kappa shape index (κ1) is 39.2. The number of halogens is 2. The number of rotatable bonds is 5. The molecule has 0 N–H and O–H groups in total. The van der Waals surface area contributed by atoms with E-state index in [1.165, 1.54) is 83.9 Å². The minimum Gasteiger partial charge on any atom is -1.00 e. The van der Waals surface area contributed by atoms with Crippen LogP contribution < -0.4 is 28.1 Å². The Hall–Kier alpha value is -1.53. The number of fused-ring (bicyclic) bond motifs is 3. The van der Waals surface area contributed by atoms with Crippen LogP contribution in [0.1, 0.15) is 141 Å². The van der Waals surface area contributed by atoms with Crippen molar-refractivity contribution in [2.24, 2.45) is 29.1 Å². The molecule has 0 aromatic heterocycles. The molecule has 0 spiro atoms. The minimum absolute atomic E-state index is 0. The third-order valence-corrected chi connectivity index (χ3v) is 22.0. The van der Waals surface area contributed by atoms with Crippen LogP contribution in [0.4, 0.5) is 0 Å². The van der Waals surface area contributed by atoms with Crippen LogP contribution in [0.15, 0.2) is 75.1 Å². The molecule has 4 bridgehead atoms. The molecule has 1 atom stereocenters. The van der Waals surface area contributed by atoms with Crippen LogP contribution >= 0.6 is 0 Å². The third kappa shape index (κ3) is 7.09. The first-order valence-electron chi connectivity index (χ1n) is 19.6. The van der Waals surface area contributed by atoms with E-state index in [4.69, 9.17) is 0 Å². The number of hydrogen-bond acceptors (Lipinski definition) is 0. The molecule has 51 heavy (non-hydrogen) atoms. The second kappa shape index (κ2) is 14.0. The summed E-state index contributed by atoms with van der Waals surface area (Å²) < 4.78 is 5.31. The summed E-state index contributed by atoms with van der Waals surface area (Å²) in [5.74, 6) is 3.58. The molecular formula is C48H60Cl2Zr. The van der Waals surface area contributed by atoms with Gasteiger partial charge in [-0.15, -0.1) is 0 Å². The summed E-state index contributed by atoms with van der Waals surface area (Å²) in [6.45, 7) is 24.2. The largest absolute Gasteiger partial charge is 1.00 e. The zero-order valence-corrected chi connectivity index (χ0v) is 37.0. The summed E-state index contributed by atoms with van der Waals surface area (Å²) in [6.07, 6.45) is 14.3. The standard InChI is InChI=1S/C21H25.C18H25.C9H10.2ClH.Zr/c1-20(2,3)16-9-7-14-11-15-8-10-17(21(4,5)6)13-19(15)18(14)12-16;1-12-3-13(2)17(4-12)11-18-8-14-5-15(9-18)7-16(6-14)10-18;1-3-9-6-4-8(2)5-7-9;;;/h7,9-10,12-13H,11H2,1-6H3;4,12,14-16H,5-11H2,1-2H3;4-7H,1-2H3;2*1H;/q;;;;;+2/p-2. The molecule has 0 nitrogen and oxygen atoms in total. The van der Waals surface area contributed by atoms with Crippen LogP contribution in [-0.2, 0) is 38.5 Å². The van der Waals surface area contributed by atoms with Gasteiger partial charge in [0.05, 0.1) is 0 Å². The molecule has 6 aliphatic rings. The van der Waals surface area contributed by atoms with Gasteiger partial charge in [0.15, 0.2) is 0 Å². The molecule has 3 aromatic carbocycles. The van der Waals surface area contributed by atoms with Crippen LogP contribution in [-0.4, -0.2) is 3.21 Å². The topological polar surface area (TPSA) is 0 Å². The van der Waals surface area contributed by atoms with Gasteiger partial charge in [-0.1, -0.05) is 0 Å². The van der Waals surface area contributed by atoms with E-state index in [9.17, 15) is 0 Å². The summed E-state index contributed by atoms with van der Waals surface area (Å²) in [4.78, 5) is 0. The number of benzene rings is 3. The summed E-state index contributed by atoms with van der Waals surface area (Å²) >= 11 is -2.66. The maximum Gasteiger partial charge on any atom is -1.00 e. The first-order valence-corrected chi connectivity index (χ1v) is 23.3. The molecule has 270 valence electrons. The van der Waals surface area contributed by atoms with Crippen molar-refractivity contribution in [1.29, 1.82) is 0 Å². The number of allylic oxidation sites excluding steroid dienone is 4. The maximum absolute atomic E-state index is 2.77. The molecule has 0 amide bonds. The van der Waals surface area contributed by atoms with Gasteiger partial charge in [-0.2, -0.15) is 0 Å². The molecule has 0 aliphatic heterocycles. The molecule has 1 unspecified atom stereocenters. The van der Waals surface area contributed by atoms with Gasteiger partial charge in [0.2, 0.25) is 0 Å². The van der Waals surface area contributed by atoms with Gasteiger partial charge < -0.3 is 24.8 Å². The predicted octanol–water partition coefficient (Wildman–Crippen LogP) is 6.11. The average Bonchev–Trinajstić information content (AvgIpc) is 3.51. The summed E-state index contributed by atoms with van der Waals surface area (Å²) in [7, 11) is 0. The summed E-state index contributed by atoms with van der Waals surface area (Å²) in [5.41, 5.74) is 16.2. The molecule has 3 aromatic rings. The van der Waals surface area contributed by atoms with E-state index in [2.05, 4.69) is 130 Å². The second-order valence-electron chi connectivity index (χ2n) is 19.6. The first-order chi connectivity index (χ1) is 23.1. The SMILES string of the molecule is CC1=[C](/[Zr+2](=[C](\C)c2ccc(C)cc2)[c]2cc(C(C)(C)C)cc3c2Cc2ccc(C(C)(C)C)cc2-3)C(C)C=C1CC12CC3CC(CC(C3)C1)C2.[Cl-].[Cl-]. The Morgan fingerprint density at radius 2 is 1.31 bits per heavy atom. The maximum atomic E-state index is 2.77. The van der Waals surface area contributed by atoms with Crippen LogP contribution in [0.25, 0.3) is 11.1 Å².